The molecule has 1 heterocycles. The Morgan fingerprint density at radius 3 is 2.48 bits per heavy atom. The molecule has 1 aromatic heterocycles. The van der Waals surface area contributed by atoms with Gasteiger partial charge < -0.3 is 9.52 Å². The van der Waals surface area contributed by atoms with Gasteiger partial charge in [0.25, 0.3) is 0 Å². The van der Waals surface area contributed by atoms with Crippen molar-refractivity contribution < 1.29 is 18.3 Å². The number of furan rings is 1. The lowest BCUT2D eigenvalue weighted by Crippen LogP contribution is -2.01. The second kappa shape index (κ2) is 5.47. The summed E-state index contributed by atoms with van der Waals surface area (Å²) < 4.78 is 31.8. The number of hydrogen-bond donors (Lipinski definition) is 1. The van der Waals surface area contributed by atoms with Gasteiger partial charge in [-0.2, -0.15) is 0 Å². The van der Waals surface area contributed by atoms with Crippen LogP contribution in [0.5, 0.6) is 0 Å². The highest BCUT2D eigenvalue weighted by Gasteiger charge is 2.16. The van der Waals surface area contributed by atoms with Crippen LogP contribution in [0.4, 0.5) is 8.78 Å². The van der Waals surface area contributed by atoms with Gasteiger partial charge in [0.15, 0.2) is 5.58 Å². The van der Waals surface area contributed by atoms with Crippen molar-refractivity contribution in [3.05, 3.63) is 70.4 Å². The molecule has 1 N–H and O–H groups in total. The van der Waals surface area contributed by atoms with E-state index in [1.54, 1.807) is 18.2 Å². The third kappa shape index (κ3) is 2.91. The fourth-order valence-electron chi connectivity index (χ4n) is 2.26. The van der Waals surface area contributed by atoms with Gasteiger partial charge in [0.2, 0.25) is 0 Å². The van der Waals surface area contributed by atoms with E-state index in [2.05, 4.69) is 0 Å². The summed E-state index contributed by atoms with van der Waals surface area (Å²) in [5.74, 6) is -1.04. The number of para-hydroxylation sites is 1. The molecule has 0 spiro atoms. The largest absolute Gasteiger partial charge is 0.457 e. The van der Waals surface area contributed by atoms with Crippen LogP contribution in [-0.2, 0) is 6.42 Å². The average Bonchev–Trinajstić information content (AvgIpc) is 2.83. The van der Waals surface area contributed by atoms with Crippen molar-refractivity contribution >= 4 is 22.6 Å². The molecule has 1 unspecified atom stereocenters. The van der Waals surface area contributed by atoms with Gasteiger partial charge in [0.05, 0.1) is 5.02 Å². The minimum absolute atomic E-state index is 0.0477. The molecular formula is C16H11ClF2O2. The Bertz CT molecular complexity index is 778. The van der Waals surface area contributed by atoms with Crippen LogP contribution in [0.25, 0.3) is 11.0 Å². The van der Waals surface area contributed by atoms with E-state index in [0.29, 0.717) is 21.9 Å². The maximum Gasteiger partial charge on any atom is 0.152 e. The number of aliphatic hydroxyl groups excluding tert-OH is 1. The summed E-state index contributed by atoms with van der Waals surface area (Å²) in [4.78, 5) is 0. The summed E-state index contributed by atoms with van der Waals surface area (Å²) >= 11 is 6.00. The first kappa shape index (κ1) is 14.0. The van der Waals surface area contributed by atoms with Crippen LogP contribution in [0.15, 0.2) is 46.9 Å². The molecule has 2 nitrogen and oxygen atoms in total. The molecular weight excluding hydrogens is 298 g/mol. The van der Waals surface area contributed by atoms with Crippen molar-refractivity contribution in [2.24, 2.45) is 0 Å². The highest BCUT2D eigenvalue weighted by Crippen LogP contribution is 2.30. The first-order valence-electron chi connectivity index (χ1n) is 6.34. The molecule has 108 valence electrons. The van der Waals surface area contributed by atoms with Gasteiger partial charge in [-0.05, 0) is 29.8 Å². The van der Waals surface area contributed by atoms with E-state index in [1.807, 2.05) is 6.07 Å². The van der Waals surface area contributed by atoms with Gasteiger partial charge in [-0.3, -0.25) is 0 Å². The lowest BCUT2D eigenvalue weighted by molar-refractivity contribution is 0.152. The van der Waals surface area contributed by atoms with Crippen LogP contribution in [0.1, 0.15) is 17.4 Å². The summed E-state index contributed by atoms with van der Waals surface area (Å²) in [6.07, 6.45) is -0.957. The second-order valence-electron chi connectivity index (χ2n) is 4.80. The standard InChI is InChI=1S/C16H11ClF2O2/c17-13-3-1-2-10-7-15(21-16(10)13)14(20)6-9-4-11(18)8-12(19)5-9/h1-5,7-8,14,20H,6H2. The number of halogens is 3. The molecule has 0 radical (unpaired) electrons. The molecule has 0 aliphatic rings. The van der Waals surface area contributed by atoms with Crippen molar-refractivity contribution in [2.75, 3.05) is 0 Å². The molecule has 3 rings (SSSR count). The van der Waals surface area contributed by atoms with Gasteiger partial charge in [-0.15, -0.1) is 0 Å². The molecule has 2 aromatic carbocycles. The first-order chi connectivity index (χ1) is 10.0. The summed E-state index contributed by atoms with van der Waals surface area (Å²) in [6, 6.07) is 10.1. The highest BCUT2D eigenvalue weighted by atomic mass is 35.5. The summed E-state index contributed by atoms with van der Waals surface area (Å²) in [5, 5.41) is 11.4. The molecule has 1 atom stereocenters. The van der Waals surface area contributed by atoms with Crippen molar-refractivity contribution in [3.63, 3.8) is 0 Å². The van der Waals surface area contributed by atoms with Crippen LogP contribution in [0, 0.1) is 11.6 Å². The monoisotopic (exact) mass is 308 g/mol. The van der Waals surface area contributed by atoms with Gasteiger partial charge in [-0.25, -0.2) is 8.78 Å². The molecule has 21 heavy (non-hydrogen) atoms. The zero-order valence-corrected chi connectivity index (χ0v) is 11.6. The maximum atomic E-state index is 13.1. The summed E-state index contributed by atoms with van der Waals surface area (Å²) in [7, 11) is 0. The molecule has 0 aliphatic heterocycles. The lowest BCUT2D eigenvalue weighted by Gasteiger charge is -2.08. The number of fused-ring (bicyclic) bond motifs is 1. The lowest BCUT2D eigenvalue weighted by atomic mass is 10.1. The van der Waals surface area contributed by atoms with Gasteiger partial charge in [-0.1, -0.05) is 23.7 Å². The Labute approximate surface area is 124 Å². The highest BCUT2D eigenvalue weighted by molar-refractivity contribution is 6.34. The predicted octanol–water partition coefficient (Wildman–Crippen LogP) is 4.64. The SMILES string of the molecule is OC(Cc1cc(F)cc(F)c1)c1cc2cccc(Cl)c2o1. The number of benzene rings is 2. The Balaban J connectivity index is 1.89. The van der Waals surface area contributed by atoms with E-state index in [9.17, 15) is 13.9 Å². The van der Waals surface area contributed by atoms with E-state index in [1.165, 1.54) is 12.1 Å². The Morgan fingerprint density at radius 2 is 1.81 bits per heavy atom. The van der Waals surface area contributed by atoms with Crippen LogP contribution in [-0.4, -0.2) is 5.11 Å². The number of hydrogen-bond acceptors (Lipinski definition) is 2. The average molecular weight is 309 g/mol. The molecule has 0 bridgehead atoms. The fraction of sp³-hybridized carbons (Fsp3) is 0.125. The minimum Gasteiger partial charge on any atom is -0.457 e. The molecule has 0 amide bonds. The van der Waals surface area contributed by atoms with Crippen molar-refractivity contribution in [1.82, 2.24) is 0 Å². The van der Waals surface area contributed by atoms with Crippen molar-refractivity contribution in [1.29, 1.82) is 0 Å². The molecule has 0 fully saturated rings. The minimum atomic E-state index is -1.00. The fourth-order valence-corrected chi connectivity index (χ4v) is 2.48. The number of aliphatic hydroxyl groups is 1. The summed E-state index contributed by atoms with van der Waals surface area (Å²) in [5.41, 5.74) is 0.838. The summed E-state index contributed by atoms with van der Waals surface area (Å²) in [6.45, 7) is 0. The zero-order chi connectivity index (χ0) is 15.0. The van der Waals surface area contributed by atoms with Gasteiger partial charge in [0, 0.05) is 17.9 Å². The van der Waals surface area contributed by atoms with Crippen molar-refractivity contribution in [2.45, 2.75) is 12.5 Å². The third-order valence-electron chi connectivity index (χ3n) is 3.19. The maximum absolute atomic E-state index is 13.1. The van der Waals surface area contributed by atoms with Gasteiger partial charge >= 0.3 is 0 Å². The molecule has 5 heteroatoms. The second-order valence-corrected chi connectivity index (χ2v) is 5.21. The Hall–Kier alpha value is -1.91. The van der Waals surface area contributed by atoms with Crippen LogP contribution < -0.4 is 0 Å². The molecule has 3 aromatic rings. The van der Waals surface area contributed by atoms with Crippen LogP contribution in [0.2, 0.25) is 5.02 Å². The van der Waals surface area contributed by atoms with Gasteiger partial charge in [0.1, 0.15) is 23.5 Å². The van der Waals surface area contributed by atoms with Crippen LogP contribution in [0.3, 0.4) is 0 Å². The Kier molecular flexibility index (Phi) is 3.66. The van der Waals surface area contributed by atoms with Crippen LogP contribution >= 0.6 is 11.6 Å². The number of rotatable bonds is 3. The molecule has 0 saturated heterocycles. The van der Waals surface area contributed by atoms with E-state index in [-0.39, 0.29) is 6.42 Å². The molecule has 0 aliphatic carbocycles. The van der Waals surface area contributed by atoms with Crippen molar-refractivity contribution in [3.8, 4) is 0 Å². The predicted molar refractivity (Wildman–Crippen MR) is 76.2 cm³/mol. The molecule has 0 saturated carbocycles. The topological polar surface area (TPSA) is 33.4 Å². The van der Waals surface area contributed by atoms with E-state index >= 15 is 0 Å². The first-order valence-corrected chi connectivity index (χ1v) is 6.72. The quantitative estimate of drug-likeness (QED) is 0.764. The smallest absolute Gasteiger partial charge is 0.152 e. The zero-order valence-electron chi connectivity index (χ0n) is 10.8. The normalized spacial score (nSPS) is 12.8. The van der Waals surface area contributed by atoms with E-state index in [4.69, 9.17) is 16.0 Å². The van der Waals surface area contributed by atoms with E-state index < -0.39 is 17.7 Å². The van der Waals surface area contributed by atoms with E-state index in [0.717, 1.165) is 11.5 Å². The third-order valence-corrected chi connectivity index (χ3v) is 3.49. The Morgan fingerprint density at radius 1 is 1.10 bits per heavy atom.